The fraction of sp³-hybridized carbons (Fsp3) is 0.190. The summed E-state index contributed by atoms with van der Waals surface area (Å²) in [7, 11) is 1.78. The number of hydrogen-bond acceptors (Lipinski definition) is 3. The first-order chi connectivity index (χ1) is 14.6. The minimum absolute atomic E-state index is 0.0131. The second kappa shape index (κ2) is 9.22. The molecule has 0 aliphatic heterocycles. The normalized spacial score (nSPS) is 12.3. The van der Waals surface area contributed by atoms with Gasteiger partial charge in [-0.3, -0.25) is 9.59 Å². The van der Waals surface area contributed by atoms with Crippen molar-refractivity contribution in [2.45, 2.75) is 12.2 Å². The van der Waals surface area contributed by atoms with Gasteiger partial charge in [-0.1, -0.05) is 23.7 Å². The fourth-order valence-electron chi connectivity index (χ4n) is 2.89. The number of hydrogen-bond donors (Lipinski definition) is 2. The maximum absolute atomic E-state index is 12.6. The molecule has 0 bridgehead atoms. The molecular weight excluding hydrogens is 433 g/mol. The van der Waals surface area contributed by atoms with Crippen molar-refractivity contribution >= 4 is 23.4 Å². The van der Waals surface area contributed by atoms with Gasteiger partial charge in [0.1, 0.15) is 11.9 Å². The van der Waals surface area contributed by atoms with Crippen LogP contribution >= 0.6 is 11.6 Å². The molecule has 31 heavy (non-hydrogen) atoms. The number of nitrogens with one attached hydrogen (secondary N) is 2. The summed E-state index contributed by atoms with van der Waals surface area (Å²) in [5.41, 5.74) is -0.108. The molecular formula is C21H18ClF3N4O2. The first-order valence-corrected chi connectivity index (χ1v) is 9.50. The summed E-state index contributed by atoms with van der Waals surface area (Å²) in [6.45, 7) is -0.367. The zero-order valence-electron chi connectivity index (χ0n) is 16.3. The summed E-state index contributed by atoms with van der Waals surface area (Å²) >= 11 is 5.94. The van der Waals surface area contributed by atoms with Crippen molar-refractivity contribution in [3.05, 3.63) is 88.5 Å². The maximum atomic E-state index is 12.6. The topological polar surface area (TPSA) is 76.0 Å². The van der Waals surface area contributed by atoms with Gasteiger partial charge in [-0.25, -0.2) is 4.98 Å². The molecule has 1 heterocycles. The highest BCUT2D eigenvalue weighted by Crippen LogP contribution is 2.29. The molecule has 1 aromatic heterocycles. The minimum atomic E-state index is -4.49. The molecule has 2 N–H and O–H groups in total. The summed E-state index contributed by atoms with van der Waals surface area (Å²) in [6, 6.07) is 10.0. The van der Waals surface area contributed by atoms with Gasteiger partial charge in [0.25, 0.3) is 5.91 Å². The Labute approximate surface area is 181 Å². The number of nitrogens with zero attached hydrogens (tertiary/aromatic N) is 2. The van der Waals surface area contributed by atoms with Gasteiger partial charge in [-0.15, -0.1) is 0 Å². The van der Waals surface area contributed by atoms with Gasteiger partial charge in [-0.05, 0) is 42.0 Å². The summed E-state index contributed by atoms with van der Waals surface area (Å²) in [5.74, 6) is -0.586. The molecule has 0 radical (unpaired) electrons. The molecule has 6 nitrogen and oxygen atoms in total. The number of aromatic nitrogens is 2. The van der Waals surface area contributed by atoms with Crippen molar-refractivity contribution in [2.75, 3.05) is 6.54 Å². The molecule has 0 unspecified atom stereocenters. The van der Waals surface area contributed by atoms with Crippen LogP contribution in [-0.2, 0) is 18.0 Å². The molecule has 1 atom stereocenters. The first-order valence-electron chi connectivity index (χ1n) is 9.12. The lowest BCUT2D eigenvalue weighted by molar-refractivity contribution is -0.137. The smallest absolute Gasteiger partial charge is 0.343 e. The average molecular weight is 451 g/mol. The van der Waals surface area contributed by atoms with E-state index in [-0.39, 0.29) is 12.1 Å². The van der Waals surface area contributed by atoms with Crippen LogP contribution in [0.15, 0.2) is 60.9 Å². The largest absolute Gasteiger partial charge is 0.416 e. The molecule has 2 aromatic carbocycles. The molecule has 162 valence electrons. The molecule has 10 heteroatoms. The first kappa shape index (κ1) is 22.4. The molecule has 0 aliphatic rings. The number of halogens is 4. The zero-order chi connectivity index (χ0) is 22.6. The SMILES string of the molecule is Cn1ccnc1[C@@H](NC(=O)CNC(=O)c1ccc(C(F)(F)F)cc1)c1ccc(Cl)cc1. The number of benzene rings is 2. The van der Waals surface area contributed by atoms with Gasteiger partial charge in [0.2, 0.25) is 5.91 Å². The van der Waals surface area contributed by atoms with Gasteiger partial charge in [0.05, 0.1) is 12.1 Å². The van der Waals surface area contributed by atoms with Crippen molar-refractivity contribution < 1.29 is 22.8 Å². The molecule has 0 aliphatic carbocycles. The molecule has 2 amide bonds. The lowest BCUT2D eigenvalue weighted by atomic mass is 10.1. The second-order valence-corrected chi connectivity index (χ2v) is 7.14. The van der Waals surface area contributed by atoms with Gasteiger partial charge >= 0.3 is 6.18 Å². The van der Waals surface area contributed by atoms with Crippen LogP contribution in [0.3, 0.4) is 0 Å². The number of imidazole rings is 1. The van der Waals surface area contributed by atoms with Crippen molar-refractivity contribution in [1.29, 1.82) is 0 Å². The third kappa shape index (κ3) is 5.64. The Hall–Kier alpha value is -3.33. The second-order valence-electron chi connectivity index (χ2n) is 6.71. The third-order valence-corrected chi connectivity index (χ3v) is 4.76. The summed E-state index contributed by atoms with van der Waals surface area (Å²) in [6.07, 6.45) is -1.16. The van der Waals surface area contributed by atoms with E-state index in [1.165, 1.54) is 0 Å². The van der Waals surface area contributed by atoms with Crippen molar-refractivity contribution in [2.24, 2.45) is 7.05 Å². The summed E-state index contributed by atoms with van der Waals surface area (Å²) in [5, 5.41) is 5.74. The van der Waals surface area contributed by atoms with Gasteiger partial charge in [0, 0.05) is 30.0 Å². The van der Waals surface area contributed by atoms with E-state index in [1.807, 2.05) is 0 Å². The Morgan fingerprint density at radius 2 is 1.74 bits per heavy atom. The van der Waals surface area contributed by atoms with E-state index < -0.39 is 29.6 Å². The van der Waals surface area contributed by atoms with Crippen LogP contribution in [0.4, 0.5) is 13.2 Å². The number of carbonyl (C=O) groups excluding carboxylic acids is 2. The van der Waals surface area contributed by atoms with Crippen LogP contribution in [0.25, 0.3) is 0 Å². The molecule has 0 saturated carbocycles. The van der Waals surface area contributed by atoms with Crippen LogP contribution in [0.1, 0.15) is 33.4 Å². The Bertz CT molecular complexity index is 1060. The van der Waals surface area contributed by atoms with Crippen LogP contribution in [0.2, 0.25) is 5.02 Å². The molecule has 0 saturated heterocycles. The Morgan fingerprint density at radius 3 is 2.29 bits per heavy atom. The van der Waals surface area contributed by atoms with E-state index in [1.54, 1.807) is 48.3 Å². The van der Waals surface area contributed by atoms with E-state index in [4.69, 9.17) is 11.6 Å². The molecule has 0 fully saturated rings. The monoisotopic (exact) mass is 450 g/mol. The zero-order valence-corrected chi connectivity index (χ0v) is 17.0. The van der Waals surface area contributed by atoms with Crippen molar-refractivity contribution in [3.63, 3.8) is 0 Å². The maximum Gasteiger partial charge on any atom is 0.416 e. The highest BCUT2D eigenvalue weighted by molar-refractivity contribution is 6.30. The summed E-state index contributed by atoms with van der Waals surface area (Å²) < 4.78 is 39.7. The van der Waals surface area contributed by atoms with Gasteiger partial charge < -0.3 is 15.2 Å². The van der Waals surface area contributed by atoms with E-state index in [9.17, 15) is 22.8 Å². The molecule has 3 rings (SSSR count). The average Bonchev–Trinajstić information content (AvgIpc) is 3.16. The molecule has 0 spiro atoms. The molecule has 3 aromatic rings. The predicted molar refractivity (Wildman–Crippen MR) is 108 cm³/mol. The van der Waals surface area contributed by atoms with Crippen molar-refractivity contribution in [3.8, 4) is 0 Å². The van der Waals surface area contributed by atoms with E-state index >= 15 is 0 Å². The standard InChI is InChI=1S/C21H18ClF3N4O2/c1-29-11-10-26-19(29)18(13-4-8-16(22)9-5-13)28-17(30)12-27-20(31)14-2-6-15(7-3-14)21(23,24)25/h2-11,18H,12H2,1H3,(H,27,31)(H,28,30)/t18-/m0/s1. The summed E-state index contributed by atoms with van der Waals surface area (Å²) in [4.78, 5) is 28.9. The minimum Gasteiger partial charge on any atom is -0.343 e. The number of carbonyl (C=O) groups is 2. The van der Waals surface area contributed by atoms with E-state index in [0.29, 0.717) is 10.8 Å². The number of alkyl halides is 3. The number of aryl methyl sites for hydroxylation is 1. The number of rotatable bonds is 6. The van der Waals surface area contributed by atoms with Crippen LogP contribution in [0.5, 0.6) is 0 Å². The highest BCUT2D eigenvalue weighted by Gasteiger charge is 2.30. The lowest BCUT2D eigenvalue weighted by Gasteiger charge is -2.19. The lowest BCUT2D eigenvalue weighted by Crippen LogP contribution is -2.39. The van der Waals surface area contributed by atoms with Gasteiger partial charge in [-0.2, -0.15) is 13.2 Å². The van der Waals surface area contributed by atoms with Crippen LogP contribution < -0.4 is 10.6 Å². The van der Waals surface area contributed by atoms with Crippen LogP contribution in [-0.4, -0.2) is 27.9 Å². The van der Waals surface area contributed by atoms with Crippen molar-refractivity contribution in [1.82, 2.24) is 20.2 Å². The fourth-order valence-corrected chi connectivity index (χ4v) is 3.02. The quantitative estimate of drug-likeness (QED) is 0.601. The predicted octanol–water partition coefficient (Wildman–Crippen LogP) is 3.73. The third-order valence-electron chi connectivity index (χ3n) is 4.51. The van der Waals surface area contributed by atoms with E-state index in [2.05, 4.69) is 15.6 Å². The van der Waals surface area contributed by atoms with E-state index in [0.717, 1.165) is 29.8 Å². The Kier molecular flexibility index (Phi) is 6.65. The number of amides is 2. The Balaban J connectivity index is 1.66. The van der Waals surface area contributed by atoms with Crippen LogP contribution in [0, 0.1) is 0 Å². The van der Waals surface area contributed by atoms with Gasteiger partial charge in [0.15, 0.2) is 0 Å². The highest BCUT2D eigenvalue weighted by atomic mass is 35.5. The Morgan fingerprint density at radius 1 is 1.10 bits per heavy atom.